The Hall–Kier alpha value is -2.58. The first-order valence-corrected chi connectivity index (χ1v) is 10.0. The minimum absolute atomic E-state index is 0.118. The molecule has 0 spiro atoms. The van der Waals surface area contributed by atoms with Gasteiger partial charge in [0.05, 0.1) is 25.5 Å². The van der Waals surface area contributed by atoms with E-state index in [4.69, 9.17) is 9.47 Å². The van der Waals surface area contributed by atoms with Crippen LogP contribution in [0.1, 0.15) is 16.7 Å². The van der Waals surface area contributed by atoms with E-state index >= 15 is 0 Å². The van der Waals surface area contributed by atoms with Gasteiger partial charge in [0.2, 0.25) is 15.9 Å². The molecule has 0 aromatic heterocycles. The summed E-state index contributed by atoms with van der Waals surface area (Å²) in [5, 5.41) is 2.72. The predicted molar refractivity (Wildman–Crippen MR) is 99.6 cm³/mol. The van der Waals surface area contributed by atoms with Crippen molar-refractivity contribution in [3.8, 4) is 11.5 Å². The number of rotatable bonds is 4. The molecule has 2 aliphatic heterocycles. The number of sulfonamides is 1. The van der Waals surface area contributed by atoms with E-state index in [2.05, 4.69) is 5.32 Å². The van der Waals surface area contributed by atoms with E-state index in [0.29, 0.717) is 35.7 Å². The highest BCUT2D eigenvalue weighted by Gasteiger charge is 2.30. The molecular weight excluding hydrogens is 368 g/mol. The topological polar surface area (TPSA) is 84.9 Å². The van der Waals surface area contributed by atoms with Gasteiger partial charge in [0, 0.05) is 18.8 Å². The summed E-state index contributed by atoms with van der Waals surface area (Å²) in [5.41, 5.74) is 3.35. The Morgan fingerprint density at radius 3 is 2.41 bits per heavy atom. The van der Waals surface area contributed by atoms with E-state index < -0.39 is 10.0 Å². The molecule has 0 radical (unpaired) electrons. The van der Waals surface area contributed by atoms with Crippen LogP contribution >= 0.6 is 0 Å². The Kier molecular flexibility index (Phi) is 4.32. The molecule has 0 saturated heterocycles. The number of nitrogens with zero attached hydrogens (tertiary/aromatic N) is 1. The number of benzene rings is 2. The van der Waals surface area contributed by atoms with Gasteiger partial charge in [0.25, 0.3) is 0 Å². The zero-order valence-electron chi connectivity index (χ0n) is 15.1. The minimum Gasteiger partial charge on any atom is -0.493 e. The van der Waals surface area contributed by atoms with Gasteiger partial charge < -0.3 is 14.8 Å². The van der Waals surface area contributed by atoms with Crippen molar-refractivity contribution in [2.24, 2.45) is 0 Å². The Morgan fingerprint density at radius 1 is 1.00 bits per heavy atom. The lowest BCUT2D eigenvalue weighted by atomic mass is 10.0. The number of anilines is 1. The number of amides is 1. The van der Waals surface area contributed by atoms with Crippen LogP contribution in [0.4, 0.5) is 5.69 Å². The number of methoxy groups -OCH3 is 2. The molecule has 142 valence electrons. The summed E-state index contributed by atoms with van der Waals surface area (Å²) in [6.07, 6.45) is 0.804. The third-order valence-corrected chi connectivity index (χ3v) is 6.86. The first-order valence-electron chi connectivity index (χ1n) is 8.59. The van der Waals surface area contributed by atoms with Gasteiger partial charge in [-0.3, -0.25) is 4.79 Å². The molecule has 27 heavy (non-hydrogen) atoms. The molecule has 0 unspecified atom stereocenters. The molecule has 0 saturated carbocycles. The average Bonchev–Trinajstić information content (AvgIpc) is 3.05. The number of hydrogen-bond acceptors (Lipinski definition) is 5. The van der Waals surface area contributed by atoms with Crippen molar-refractivity contribution in [1.82, 2.24) is 4.31 Å². The molecule has 7 nitrogen and oxygen atoms in total. The summed E-state index contributed by atoms with van der Waals surface area (Å²) in [6, 6.07) is 8.53. The highest BCUT2D eigenvalue weighted by atomic mass is 32.2. The van der Waals surface area contributed by atoms with Gasteiger partial charge in [-0.25, -0.2) is 8.42 Å². The van der Waals surface area contributed by atoms with Gasteiger partial charge in [-0.05, 0) is 53.4 Å². The van der Waals surface area contributed by atoms with Crippen LogP contribution in [0.2, 0.25) is 0 Å². The number of nitrogens with one attached hydrogen (secondary N) is 1. The third-order valence-electron chi connectivity index (χ3n) is 5.02. The summed E-state index contributed by atoms with van der Waals surface area (Å²) in [7, 11) is -0.519. The molecule has 1 amide bonds. The normalized spacial score (nSPS) is 16.4. The molecule has 4 rings (SSSR count). The Bertz CT molecular complexity index is 1030. The van der Waals surface area contributed by atoms with Gasteiger partial charge in [0.15, 0.2) is 11.5 Å². The van der Waals surface area contributed by atoms with Crippen LogP contribution in [0.15, 0.2) is 35.2 Å². The molecule has 2 aliphatic rings. The van der Waals surface area contributed by atoms with E-state index in [0.717, 1.165) is 11.1 Å². The molecule has 0 atom stereocenters. The first-order chi connectivity index (χ1) is 12.9. The molecule has 8 heteroatoms. The largest absolute Gasteiger partial charge is 0.493 e. The lowest BCUT2D eigenvalue weighted by Gasteiger charge is -2.29. The maximum absolute atomic E-state index is 13.1. The lowest BCUT2D eigenvalue weighted by Crippen LogP contribution is -2.36. The van der Waals surface area contributed by atoms with Crippen LogP contribution in [0.5, 0.6) is 11.5 Å². The third kappa shape index (κ3) is 3.04. The molecular formula is C19H20N2O5S. The number of carbonyl (C=O) groups is 1. The van der Waals surface area contributed by atoms with Crippen LogP contribution in [-0.4, -0.2) is 39.4 Å². The maximum Gasteiger partial charge on any atom is 0.243 e. The van der Waals surface area contributed by atoms with E-state index in [9.17, 15) is 13.2 Å². The van der Waals surface area contributed by atoms with E-state index in [-0.39, 0.29) is 23.8 Å². The number of fused-ring (bicyclic) bond motifs is 2. The summed E-state index contributed by atoms with van der Waals surface area (Å²) in [5.74, 6) is 1.11. The van der Waals surface area contributed by atoms with Crippen LogP contribution < -0.4 is 14.8 Å². The van der Waals surface area contributed by atoms with Crippen molar-refractivity contribution in [3.05, 3.63) is 47.0 Å². The lowest BCUT2D eigenvalue weighted by molar-refractivity contribution is -0.115. The predicted octanol–water partition coefficient (Wildman–Crippen LogP) is 1.95. The second kappa shape index (κ2) is 6.54. The van der Waals surface area contributed by atoms with Crippen LogP contribution in [-0.2, 0) is 34.2 Å². The highest BCUT2D eigenvalue weighted by molar-refractivity contribution is 7.89. The fourth-order valence-electron chi connectivity index (χ4n) is 3.58. The quantitative estimate of drug-likeness (QED) is 0.865. The zero-order valence-corrected chi connectivity index (χ0v) is 15.9. The van der Waals surface area contributed by atoms with Crippen molar-refractivity contribution in [2.45, 2.75) is 24.3 Å². The Balaban J connectivity index is 1.65. The first kappa shape index (κ1) is 17.8. The van der Waals surface area contributed by atoms with Crippen molar-refractivity contribution in [3.63, 3.8) is 0 Å². The van der Waals surface area contributed by atoms with E-state index in [1.165, 1.54) is 4.31 Å². The monoisotopic (exact) mass is 388 g/mol. The van der Waals surface area contributed by atoms with Gasteiger partial charge in [-0.15, -0.1) is 0 Å². The number of carbonyl (C=O) groups excluding carboxylic acids is 1. The number of hydrogen-bond donors (Lipinski definition) is 1. The maximum atomic E-state index is 13.1. The molecule has 1 N–H and O–H groups in total. The molecule has 2 heterocycles. The van der Waals surface area contributed by atoms with E-state index in [1.807, 2.05) is 12.1 Å². The summed E-state index contributed by atoms with van der Waals surface area (Å²) in [4.78, 5) is 11.7. The van der Waals surface area contributed by atoms with E-state index in [1.54, 1.807) is 32.4 Å². The Labute approximate surface area is 157 Å². The average molecular weight is 388 g/mol. The van der Waals surface area contributed by atoms with Gasteiger partial charge in [-0.2, -0.15) is 4.31 Å². The van der Waals surface area contributed by atoms with Gasteiger partial charge in [0.1, 0.15) is 0 Å². The van der Waals surface area contributed by atoms with Gasteiger partial charge >= 0.3 is 0 Å². The second-order valence-corrected chi connectivity index (χ2v) is 8.55. The smallest absolute Gasteiger partial charge is 0.243 e. The van der Waals surface area contributed by atoms with Crippen molar-refractivity contribution < 1.29 is 22.7 Å². The van der Waals surface area contributed by atoms with Crippen molar-refractivity contribution in [2.75, 3.05) is 26.1 Å². The summed E-state index contributed by atoms with van der Waals surface area (Å²) >= 11 is 0. The Morgan fingerprint density at radius 2 is 1.70 bits per heavy atom. The van der Waals surface area contributed by atoms with Crippen molar-refractivity contribution >= 4 is 21.6 Å². The zero-order chi connectivity index (χ0) is 19.2. The molecule has 0 bridgehead atoms. The fraction of sp³-hybridized carbons (Fsp3) is 0.316. The molecule has 0 aliphatic carbocycles. The van der Waals surface area contributed by atoms with Crippen molar-refractivity contribution in [1.29, 1.82) is 0 Å². The van der Waals surface area contributed by atoms with Crippen LogP contribution in [0.3, 0.4) is 0 Å². The molecule has 2 aromatic carbocycles. The fourth-order valence-corrected chi connectivity index (χ4v) is 5.05. The highest BCUT2D eigenvalue weighted by Crippen LogP contribution is 2.35. The minimum atomic E-state index is -3.66. The van der Waals surface area contributed by atoms with Crippen LogP contribution in [0.25, 0.3) is 0 Å². The standard InChI is InChI=1S/C19H20N2O5S/c1-25-17-8-12-5-6-21(11-14(12)9-18(17)26-2)27(23,24)15-3-4-16-13(7-15)10-19(22)20-16/h3-4,7-9H,5-6,10-11H2,1-2H3,(H,20,22). The molecule has 0 fully saturated rings. The van der Waals surface area contributed by atoms with Crippen LogP contribution in [0, 0.1) is 0 Å². The summed E-state index contributed by atoms with van der Waals surface area (Å²) < 4.78 is 38.4. The second-order valence-electron chi connectivity index (χ2n) is 6.61. The van der Waals surface area contributed by atoms with Gasteiger partial charge in [-0.1, -0.05) is 0 Å². The molecule has 2 aromatic rings. The number of ether oxygens (including phenoxy) is 2. The summed E-state index contributed by atoms with van der Waals surface area (Å²) in [6.45, 7) is 0.658. The SMILES string of the molecule is COc1cc2c(cc1OC)CN(S(=O)(=O)c1ccc3c(c1)CC(=O)N3)CC2.